The molecular weight excluding hydrogens is 407 g/mol. The number of amides is 2. The maximum Gasteiger partial charge on any atom is 0.329 e. The average Bonchev–Trinajstić information content (AvgIpc) is 3.16. The smallest absolute Gasteiger partial charge is 0.329 e. The summed E-state index contributed by atoms with van der Waals surface area (Å²) in [4.78, 5) is 25.6. The predicted molar refractivity (Wildman–Crippen MR) is 124 cm³/mol. The zero-order valence-electron chi connectivity index (χ0n) is 19.0. The summed E-state index contributed by atoms with van der Waals surface area (Å²) in [6, 6.07) is 1.12. The van der Waals surface area contributed by atoms with Crippen LogP contribution >= 0.6 is 0 Å². The number of fused-ring (bicyclic) bond motifs is 2. The zero-order valence-corrected chi connectivity index (χ0v) is 19.0. The first kappa shape index (κ1) is 22.0. The summed E-state index contributed by atoms with van der Waals surface area (Å²) in [6.07, 6.45) is 14.4. The van der Waals surface area contributed by atoms with Crippen LogP contribution in [-0.2, 0) is 0 Å². The van der Waals surface area contributed by atoms with Crippen molar-refractivity contribution in [3.05, 3.63) is 59.6 Å². The van der Waals surface area contributed by atoms with Crippen molar-refractivity contribution in [1.29, 1.82) is 0 Å². The van der Waals surface area contributed by atoms with Crippen molar-refractivity contribution in [3.8, 4) is 0 Å². The molecule has 0 bridgehead atoms. The standard InChI is InChI=1S/C24H31FN6O/c1-4-6-7-8-12-29(11-5-2)19-9-10-21-27-22(28-24(32)31(21)16-19)18-13-20(25)23-26-17(3)14-30(23)15-18/h9-10,13-16,22H,4-8,11-12H2,1-3H3,(H,28,32). The molecule has 2 aromatic heterocycles. The number of hydrogen-bond donors (Lipinski definition) is 1. The van der Waals surface area contributed by atoms with Gasteiger partial charge in [0.2, 0.25) is 0 Å². The van der Waals surface area contributed by atoms with E-state index in [1.54, 1.807) is 16.8 Å². The maximum atomic E-state index is 14.5. The molecule has 0 aromatic carbocycles. The summed E-state index contributed by atoms with van der Waals surface area (Å²) < 4.78 is 16.2. The van der Waals surface area contributed by atoms with E-state index in [1.165, 1.54) is 30.2 Å². The molecule has 8 heteroatoms. The number of aromatic nitrogens is 2. The number of carbonyl (C=O) groups excluding carboxylic acids is 1. The van der Waals surface area contributed by atoms with Gasteiger partial charge >= 0.3 is 6.03 Å². The maximum absolute atomic E-state index is 14.5. The second kappa shape index (κ2) is 9.54. The number of aryl methyl sites for hydroxylation is 1. The van der Waals surface area contributed by atoms with E-state index >= 15 is 0 Å². The molecule has 0 saturated heterocycles. The Bertz CT molecular complexity index is 1090. The van der Waals surface area contributed by atoms with Gasteiger partial charge in [0.05, 0.1) is 11.4 Å². The molecule has 32 heavy (non-hydrogen) atoms. The van der Waals surface area contributed by atoms with E-state index in [4.69, 9.17) is 0 Å². The number of nitrogens with one attached hydrogen (secondary N) is 1. The fourth-order valence-corrected chi connectivity index (χ4v) is 4.16. The molecule has 0 radical (unpaired) electrons. The Hall–Kier alpha value is -3.16. The van der Waals surface area contributed by atoms with E-state index in [2.05, 4.69) is 34.0 Å². The number of carbonyl (C=O) groups is 1. The number of halogens is 1. The number of pyridine rings is 1. The van der Waals surface area contributed by atoms with Gasteiger partial charge in [-0.05, 0) is 38.0 Å². The van der Waals surface area contributed by atoms with Gasteiger partial charge in [-0.2, -0.15) is 0 Å². The lowest BCUT2D eigenvalue weighted by atomic mass is 10.1. The summed E-state index contributed by atoms with van der Waals surface area (Å²) in [7, 11) is 0. The third-order valence-corrected chi connectivity index (χ3v) is 5.76. The van der Waals surface area contributed by atoms with E-state index in [9.17, 15) is 9.18 Å². The van der Waals surface area contributed by atoms with Gasteiger partial charge in [0.1, 0.15) is 5.84 Å². The molecule has 0 spiro atoms. The van der Waals surface area contributed by atoms with E-state index in [0.29, 0.717) is 11.4 Å². The number of unbranched alkanes of at least 4 members (excludes halogenated alkanes) is 3. The van der Waals surface area contributed by atoms with Crippen molar-refractivity contribution in [2.75, 3.05) is 13.1 Å². The highest BCUT2D eigenvalue weighted by molar-refractivity contribution is 6.07. The molecule has 0 aliphatic carbocycles. The summed E-state index contributed by atoms with van der Waals surface area (Å²) in [5, 5.41) is 2.88. The molecule has 1 N–H and O–H groups in total. The van der Waals surface area contributed by atoms with Crippen LogP contribution in [0.15, 0.2) is 47.5 Å². The molecule has 0 saturated carbocycles. The molecule has 2 aromatic rings. The molecular formula is C24H31FN6O. The number of amidine groups is 1. The highest BCUT2D eigenvalue weighted by Crippen LogP contribution is 2.25. The van der Waals surface area contributed by atoms with E-state index < -0.39 is 12.0 Å². The largest absolute Gasteiger partial charge is 0.370 e. The predicted octanol–water partition coefficient (Wildman–Crippen LogP) is 4.91. The Labute approximate surface area is 188 Å². The average molecular weight is 439 g/mol. The molecule has 0 fully saturated rings. The molecule has 2 aliphatic heterocycles. The first-order chi connectivity index (χ1) is 15.5. The summed E-state index contributed by atoms with van der Waals surface area (Å²) >= 11 is 0. The Morgan fingerprint density at radius 3 is 2.75 bits per heavy atom. The monoisotopic (exact) mass is 438 g/mol. The number of urea groups is 1. The summed E-state index contributed by atoms with van der Waals surface area (Å²) in [6.45, 7) is 8.10. The van der Waals surface area contributed by atoms with E-state index in [0.717, 1.165) is 37.3 Å². The van der Waals surface area contributed by atoms with Crippen LogP contribution in [0.3, 0.4) is 0 Å². The number of allylic oxidation sites excluding steroid dienone is 1. The van der Waals surface area contributed by atoms with Gasteiger partial charge in [-0.3, -0.25) is 4.90 Å². The highest BCUT2D eigenvalue weighted by atomic mass is 19.1. The van der Waals surface area contributed by atoms with Crippen molar-refractivity contribution in [2.24, 2.45) is 4.99 Å². The molecule has 1 atom stereocenters. The van der Waals surface area contributed by atoms with Crippen molar-refractivity contribution >= 4 is 17.5 Å². The lowest BCUT2D eigenvalue weighted by Crippen LogP contribution is -2.47. The van der Waals surface area contributed by atoms with Crippen LogP contribution in [-0.4, -0.2) is 44.1 Å². The number of hydrogen-bond acceptors (Lipinski definition) is 4. The Morgan fingerprint density at radius 1 is 1.12 bits per heavy atom. The number of imidazole rings is 1. The fraction of sp³-hybridized carbons (Fsp3) is 0.458. The first-order valence-electron chi connectivity index (χ1n) is 11.5. The van der Waals surface area contributed by atoms with Crippen molar-refractivity contribution < 1.29 is 9.18 Å². The topological polar surface area (TPSA) is 65.2 Å². The molecule has 4 heterocycles. The minimum Gasteiger partial charge on any atom is -0.370 e. The van der Waals surface area contributed by atoms with Crippen LogP contribution in [0.25, 0.3) is 5.65 Å². The molecule has 2 amide bonds. The van der Waals surface area contributed by atoms with E-state index in [1.807, 2.05) is 25.3 Å². The van der Waals surface area contributed by atoms with Crippen molar-refractivity contribution in [3.63, 3.8) is 0 Å². The normalized spacial score (nSPS) is 17.8. The minimum atomic E-state index is -0.657. The summed E-state index contributed by atoms with van der Waals surface area (Å²) in [5.41, 5.74) is 2.57. The molecule has 7 nitrogen and oxygen atoms in total. The molecule has 1 unspecified atom stereocenters. The lowest BCUT2D eigenvalue weighted by molar-refractivity contribution is 0.221. The highest BCUT2D eigenvalue weighted by Gasteiger charge is 2.30. The Kier molecular flexibility index (Phi) is 6.58. The van der Waals surface area contributed by atoms with Gasteiger partial charge in [-0.1, -0.05) is 33.1 Å². The lowest BCUT2D eigenvalue weighted by Gasteiger charge is -2.34. The van der Waals surface area contributed by atoms with E-state index in [-0.39, 0.29) is 11.7 Å². The first-order valence-corrected chi connectivity index (χ1v) is 11.5. The van der Waals surface area contributed by atoms with Crippen LogP contribution < -0.4 is 5.32 Å². The van der Waals surface area contributed by atoms with Gasteiger partial charge in [-0.25, -0.2) is 19.2 Å². The number of nitrogens with zero attached hydrogens (tertiary/aromatic N) is 5. The third kappa shape index (κ3) is 4.54. The van der Waals surface area contributed by atoms with Gasteiger partial charge < -0.3 is 14.6 Å². The number of rotatable bonds is 9. The SMILES string of the molecule is CCCCCCN(CCC)C1=CN2C(=O)NC(c3cc(F)c4nc(C)cn4c3)N=C2C=C1. The molecule has 2 aliphatic rings. The second-order valence-electron chi connectivity index (χ2n) is 8.38. The van der Waals surface area contributed by atoms with Crippen LogP contribution in [0.2, 0.25) is 0 Å². The zero-order chi connectivity index (χ0) is 22.7. The Balaban J connectivity index is 1.55. The second-order valence-corrected chi connectivity index (χ2v) is 8.38. The van der Waals surface area contributed by atoms with Gasteiger partial charge in [0.15, 0.2) is 17.6 Å². The number of aliphatic imine (C=N–C) groups is 1. The quantitative estimate of drug-likeness (QED) is 0.566. The van der Waals surface area contributed by atoms with Crippen LogP contribution in [0.4, 0.5) is 9.18 Å². The van der Waals surface area contributed by atoms with Crippen molar-refractivity contribution in [2.45, 2.75) is 59.0 Å². The van der Waals surface area contributed by atoms with Crippen LogP contribution in [0.1, 0.15) is 63.4 Å². The van der Waals surface area contributed by atoms with Gasteiger partial charge in [0, 0.05) is 37.2 Å². The summed E-state index contributed by atoms with van der Waals surface area (Å²) in [5.74, 6) is 0.111. The molecule has 4 rings (SSSR count). The van der Waals surface area contributed by atoms with Crippen LogP contribution in [0, 0.1) is 12.7 Å². The minimum absolute atomic E-state index is 0.266. The van der Waals surface area contributed by atoms with Gasteiger partial charge in [-0.15, -0.1) is 0 Å². The van der Waals surface area contributed by atoms with Crippen LogP contribution in [0.5, 0.6) is 0 Å². The van der Waals surface area contributed by atoms with Gasteiger partial charge in [0.25, 0.3) is 0 Å². The van der Waals surface area contributed by atoms with Crippen molar-refractivity contribution in [1.82, 2.24) is 24.5 Å². The molecule has 170 valence electrons. The third-order valence-electron chi connectivity index (χ3n) is 5.76. The Morgan fingerprint density at radius 2 is 1.97 bits per heavy atom. The fourth-order valence-electron chi connectivity index (χ4n) is 4.16.